The van der Waals surface area contributed by atoms with Crippen LogP contribution in [0.25, 0.3) is 0 Å². The van der Waals surface area contributed by atoms with E-state index in [9.17, 15) is 19.3 Å². The van der Waals surface area contributed by atoms with E-state index in [0.717, 1.165) is 11.1 Å². The Morgan fingerprint density at radius 3 is 1.56 bits per heavy atom. The molecule has 2 fully saturated rings. The minimum atomic E-state index is -0.836. The van der Waals surface area contributed by atoms with Crippen molar-refractivity contribution in [1.82, 2.24) is 10.1 Å². The average Bonchev–Trinajstić information content (AvgIpc) is 3.15. The van der Waals surface area contributed by atoms with Gasteiger partial charge in [-0.3, -0.25) is 9.59 Å². The zero-order valence-corrected chi connectivity index (χ0v) is 34.5. The average molecular weight is 770 g/mol. The maximum absolute atomic E-state index is 12.1. The number of aliphatic hydroxyl groups is 1. The van der Waals surface area contributed by atoms with Crippen molar-refractivity contribution in [2.24, 2.45) is 5.73 Å². The van der Waals surface area contributed by atoms with Crippen LogP contribution >= 0.6 is 0 Å². The summed E-state index contributed by atoms with van der Waals surface area (Å²) in [6.07, 6.45) is 2.17. The maximum atomic E-state index is 12.1. The molecule has 55 heavy (non-hydrogen) atoms. The van der Waals surface area contributed by atoms with Crippen LogP contribution in [0, 0.1) is 0 Å². The van der Waals surface area contributed by atoms with Crippen LogP contribution in [0.4, 0.5) is 0 Å². The molecule has 0 atom stereocenters. The summed E-state index contributed by atoms with van der Waals surface area (Å²) in [5.41, 5.74) is 6.52. The summed E-state index contributed by atoms with van der Waals surface area (Å²) in [5, 5.41) is 20.0. The van der Waals surface area contributed by atoms with Gasteiger partial charge < -0.3 is 44.9 Å². The van der Waals surface area contributed by atoms with Crippen molar-refractivity contribution < 1.29 is 48.0 Å². The van der Waals surface area contributed by atoms with E-state index in [1.807, 2.05) is 60.7 Å². The zero-order chi connectivity index (χ0) is 41.5. The molecular weight excluding hydrogens is 703 g/mol. The summed E-state index contributed by atoms with van der Waals surface area (Å²) in [6.45, 7) is 20.9. The fraction of sp³-hybridized carbons (Fsp3) is 0.641. The molecule has 0 bridgehead atoms. The van der Waals surface area contributed by atoms with Crippen molar-refractivity contribution in [3.8, 4) is 0 Å². The van der Waals surface area contributed by atoms with Gasteiger partial charge in [0.2, 0.25) is 0 Å². The summed E-state index contributed by atoms with van der Waals surface area (Å²) < 4.78 is 35.4. The van der Waals surface area contributed by atoms with Crippen LogP contribution < -0.4 is 11.0 Å². The fourth-order valence-electron chi connectivity index (χ4n) is 5.54. The molecule has 0 saturated heterocycles. The number of rotatable bonds is 18. The van der Waals surface area contributed by atoms with Gasteiger partial charge in [-0.25, -0.2) is 0 Å². The van der Waals surface area contributed by atoms with Crippen molar-refractivity contribution in [1.29, 1.82) is 0 Å². The Balaban J connectivity index is 0.000000770. The Morgan fingerprint density at radius 1 is 0.818 bits per heavy atom. The Morgan fingerprint density at radius 2 is 1.24 bits per heavy atom. The summed E-state index contributed by atoms with van der Waals surface area (Å²) in [6, 6.07) is 19.9. The van der Waals surface area contributed by atoms with Gasteiger partial charge in [0.05, 0.1) is 38.6 Å². The number of nitrogens with one attached hydrogen (secondary N) is 1. The van der Waals surface area contributed by atoms with E-state index < -0.39 is 18.1 Å². The quantitative estimate of drug-likeness (QED) is 0.0972. The van der Waals surface area contributed by atoms with Gasteiger partial charge >= 0.3 is 56.3 Å². The van der Waals surface area contributed by atoms with Crippen LogP contribution in [-0.2, 0) is 51.1 Å². The molecule has 2 aliphatic rings. The molecule has 0 aromatic heterocycles. The topological polar surface area (TPSA) is 179 Å². The summed E-state index contributed by atoms with van der Waals surface area (Å²) in [5.74, 6) is -0.630. The Kier molecular flexibility index (Phi) is 29.5. The van der Waals surface area contributed by atoms with Gasteiger partial charge in [-0.1, -0.05) is 81.4 Å². The molecular formula is C39H67B3N3O10. The van der Waals surface area contributed by atoms with E-state index in [4.69, 9.17) is 29.8 Å². The molecule has 307 valence electrons. The zero-order valence-electron chi connectivity index (χ0n) is 34.5. The summed E-state index contributed by atoms with van der Waals surface area (Å²) >= 11 is 0. The number of aliphatic hydroxyl groups excluding tert-OH is 1. The predicted octanol–water partition coefficient (Wildman–Crippen LogP) is 4.02. The monoisotopic (exact) mass is 771 g/mol. The Labute approximate surface area is 332 Å². The second-order valence-electron chi connectivity index (χ2n) is 12.8. The third-order valence-corrected chi connectivity index (χ3v) is 8.50. The SMILES string of the molecule is CCN(CC)CC.CCO.CCOC(=O)C1(N)CC(OCc2ccccc2)C1.CCOC(=O)C1(NB(C)O)CC(OCc2ccccc2)C1.C[B]OCB=O. The standard InChI is InChI=1S/C15H22BNO4.C14H19NO3.C6H15N.C2H5B2O2.C2H6O/c1-3-20-14(18)15(17-16(2)19)9-13(10-15)21-11-12-7-5-4-6-8-12;1-2-17-13(16)14(15)8-12(9-14)18-10-11-6-4-3-5-7-11;1-4-7(5-2)6-3;1-3-6-2-4-5;1-2-3/h4-8,13,17,19H,3,9-11H2,1-2H3;3-7,12H,2,8-10,15H2,1H3;4-6H2,1-3H3;2H2,1H3;3H,2H2,1H3. The first-order valence-corrected chi connectivity index (χ1v) is 19.4. The van der Waals surface area contributed by atoms with Crippen LogP contribution in [0.15, 0.2) is 60.7 Å². The second kappa shape index (κ2) is 31.2. The molecule has 1 radical (unpaired) electrons. The summed E-state index contributed by atoms with van der Waals surface area (Å²) in [7, 11) is 1.43. The number of carbonyl (C=O) groups is 2. The van der Waals surface area contributed by atoms with Crippen molar-refractivity contribution in [3.63, 3.8) is 0 Å². The second-order valence-corrected chi connectivity index (χ2v) is 12.8. The molecule has 2 aliphatic carbocycles. The van der Waals surface area contributed by atoms with Crippen molar-refractivity contribution in [2.45, 2.75) is 117 Å². The molecule has 16 heteroatoms. The Hall–Kier alpha value is -2.95. The van der Waals surface area contributed by atoms with Gasteiger partial charge in [-0.05, 0) is 58.4 Å². The van der Waals surface area contributed by atoms with E-state index in [1.165, 1.54) is 27.1 Å². The number of ether oxygens (including phenoxy) is 4. The molecule has 5 N–H and O–H groups in total. The molecule has 2 aromatic carbocycles. The predicted molar refractivity (Wildman–Crippen MR) is 219 cm³/mol. The fourth-order valence-corrected chi connectivity index (χ4v) is 5.54. The first-order valence-electron chi connectivity index (χ1n) is 19.4. The van der Waals surface area contributed by atoms with Crippen LogP contribution in [0.2, 0.25) is 13.6 Å². The first kappa shape index (κ1) is 52.1. The number of nitrogens with zero attached hydrogens (tertiary/aromatic N) is 1. The molecule has 0 unspecified atom stereocenters. The number of esters is 2. The van der Waals surface area contributed by atoms with E-state index in [2.05, 4.69) is 35.6 Å². The number of hydrogen-bond donors (Lipinski definition) is 4. The molecule has 2 saturated carbocycles. The van der Waals surface area contributed by atoms with E-state index in [0.29, 0.717) is 59.3 Å². The van der Waals surface area contributed by atoms with Crippen LogP contribution in [0.3, 0.4) is 0 Å². The van der Waals surface area contributed by atoms with Gasteiger partial charge in [0.15, 0.2) is 0 Å². The molecule has 0 amide bonds. The van der Waals surface area contributed by atoms with Crippen LogP contribution in [-0.4, -0.2) is 118 Å². The minimum absolute atomic E-state index is 0.000798. The Bertz CT molecular complexity index is 1250. The number of benzene rings is 2. The van der Waals surface area contributed by atoms with Crippen molar-refractivity contribution >= 4 is 33.6 Å². The number of hydrogen-bond acceptors (Lipinski definition) is 13. The van der Waals surface area contributed by atoms with Gasteiger partial charge in [0.1, 0.15) is 11.1 Å². The molecule has 0 spiro atoms. The summed E-state index contributed by atoms with van der Waals surface area (Å²) in [4.78, 5) is 26.0. The normalized spacial score (nSPS) is 20.3. The molecule has 4 rings (SSSR count). The van der Waals surface area contributed by atoms with Crippen LogP contribution in [0.1, 0.15) is 78.4 Å². The third kappa shape index (κ3) is 21.8. The van der Waals surface area contributed by atoms with Gasteiger partial charge in [0.25, 0.3) is 0 Å². The molecule has 0 aliphatic heterocycles. The molecule has 13 nitrogen and oxygen atoms in total. The third-order valence-electron chi connectivity index (χ3n) is 8.50. The van der Waals surface area contributed by atoms with Gasteiger partial charge in [-0.2, -0.15) is 0 Å². The number of nitrogens with two attached hydrogens (primary N) is 1. The first-order chi connectivity index (χ1) is 26.4. The van der Waals surface area contributed by atoms with E-state index in [-0.39, 0.29) is 37.3 Å². The molecule has 2 aromatic rings. The van der Waals surface area contributed by atoms with E-state index >= 15 is 0 Å². The van der Waals surface area contributed by atoms with Crippen molar-refractivity contribution in [2.75, 3.05) is 46.0 Å². The van der Waals surface area contributed by atoms with Crippen molar-refractivity contribution in [3.05, 3.63) is 71.8 Å². The van der Waals surface area contributed by atoms with E-state index in [1.54, 1.807) is 34.4 Å². The molecule has 0 heterocycles. The van der Waals surface area contributed by atoms with Gasteiger partial charge in [-0.15, -0.1) is 0 Å². The van der Waals surface area contributed by atoms with Crippen LogP contribution in [0.5, 0.6) is 0 Å². The van der Waals surface area contributed by atoms with Gasteiger partial charge in [0, 0.05) is 32.3 Å². The number of carbonyl (C=O) groups excluding carboxylic acids is 2.